The molecule has 0 aliphatic carbocycles. The molecule has 0 saturated carbocycles. The van der Waals surface area contributed by atoms with Crippen LogP contribution in [0, 0.1) is 6.92 Å². The summed E-state index contributed by atoms with van der Waals surface area (Å²) in [4.78, 5) is 12.4. The zero-order valence-corrected chi connectivity index (χ0v) is 16.7. The lowest BCUT2D eigenvalue weighted by atomic mass is 10.1. The SMILES string of the molecule is Cc1cccc(C(=O)N[C@H](NC(=S)Nc2cccc(O)c2)C(Cl)(Cl)Cl)c1. The van der Waals surface area contributed by atoms with Crippen molar-refractivity contribution in [3.05, 3.63) is 59.7 Å². The Bertz CT molecular complexity index is 812. The molecular weight excluding hydrogens is 417 g/mol. The van der Waals surface area contributed by atoms with Gasteiger partial charge < -0.3 is 21.1 Å². The zero-order chi connectivity index (χ0) is 19.3. The number of alkyl halides is 3. The van der Waals surface area contributed by atoms with Gasteiger partial charge in [0.2, 0.25) is 3.79 Å². The van der Waals surface area contributed by atoms with Crippen LogP contribution in [0.4, 0.5) is 5.69 Å². The molecule has 0 aliphatic heterocycles. The number of carbonyl (C=O) groups is 1. The Kier molecular flexibility index (Phi) is 6.94. The van der Waals surface area contributed by atoms with Gasteiger partial charge in [-0.15, -0.1) is 0 Å². The minimum atomic E-state index is -1.86. The molecule has 2 aromatic rings. The van der Waals surface area contributed by atoms with Gasteiger partial charge in [-0.2, -0.15) is 0 Å². The molecule has 0 saturated heterocycles. The number of phenols is 1. The fraction of sp³-hybridized carbons (Fsp3) is 0.176. The fourth-order valence-electron chi connectivity index (χ4n) is 2.08. The summed E-state index contributed by atoms with van der Waals surface area (Å²) in [6, 6.07) is 13.3. The van der Waals surface area contributed by atoms with Crippen molar-refractivity contribution in [1.82, 2.24) is 10.6 Å². The molecule has 0 radical (unpaired) electrons. The van der Waals surface area contributed by atoms with Crippen LogP contribution >= 0.6 is 47.0 Å². The maximum Gasteiger partial charge on any atom is 0.252 e. The van der Waals surface area contributed by atoms with Crippen molar-refractivity contribution >= 4 is 63.7 Å². The Morgan fingerprint density at radius 3 is 2.42 bits per heavy atom. The van der Waals surface area contributed by atoms with Gasteiger partial charge in [-0.25, -0.2) is 0 Å². The molecule has 0 bridgehead atoms. The second-order valence-electron chi connectivity index (χ2n) is 5.47. The van der Waals surface area contributed by atoms with Crippen molar-refractivity contribution in [1.29, 1.82) is 0 Å². The summed E-state index contributed by atoms with van der Waals surface area (Å²) in [5.74, 6) is -0.346. The maximum absolute atomic E-state index is 12.4. The van der Waals surface area contributed by atoms with Gasteiger partial charge in [0.1, 0.15) is 11.9 Å². The second-order valence-corrected chi connectivity index (χ2v) is 8.24. The van der Waals surface area contributed by atoms with E-state index in [4.69, 9.17) is 47.0 Å². The van der Waals surface area contributed by atoms with Crippen LogP contribution in [0.2, 0.25) is 0 Å². The van der Waals surface area contributed by atoms with Gasteiger partial charge in [-0.1, -0.05) is 58.6 Å². The number of hydrogen-bond acceptors (Lipinski definition) is 3. The molecule has 0 unspecified atom stereocenters. The fourth-order valence-corrected chi connectivity index (χ4v) is 2.65. The Labute approximate surface area is 171 Å². The van der Waals surface area contributed by atoms with Crippen molar-refractivity contribution < 1.29 is 9.90 Å². The number of amides is 1. The van der Waals surface area contributed by atoms with Crippen LogP contribution in [-0.4, -0.2) is 26.1 Å². The van der Waals surface area contributed by atoms with Crippen LogP contribution in [0.1, 0.15) is 15.9 Å². The van der Waals surface area contributed by atoms with E-state index in [1.807, 2.05) is 13.0 Å². The number of hydrogen-bond donors (Lipinski definition) is 4. The summed E-state index contributed by atoms with van der Waals surface area (Å²) in [6.45, 7) is 1.87. The number of anilines is 1. The normalized spacial score (nSPS) is 12.2. The molecule has 9 heteroatoms. The van der Waals surface area contributed by atoms with E-state index in [9.17, 15) is 9.90 Å². The first kappa shape index (κ1) is 20.6. The van der Waals surface area contributed by atoms with E-state index in [-0.39, 0.29) is 10.9 Å². The second kappa shape index (κ2) is 8.77. The number of carbonyl (C=O) groups excluding carboxylic acids is 1. The lowest BCUT2D eigenvalue weighted by Crippen LogP contribution is -2.56. The molecule has 1 atom stereocenters. The van der Waals surface area contributed by atoms with E-state index >= 15 is 0 Å². The molecule has 2 rings (SSSR count). The van der Waals surface area contributed by atoms with E-state index in [1.165, 1.54) is 12.1 Å². The molecule has 2 aromatic carbocycles. The first-order valence-electron chi connectivity index (χ1n) is 7.46. The number of aromatic hydroxyl groups is 1. The number of benzene rings is 2. The van der Waals surface area contributed by atoms with Gasteiger partial charge in [0.15, 0.2) is 5.11 Å². The van der Waals surface area contributed by atoms with E-state index in [0.717, 1.165) is 5.56 Å². The predicted octanol–water partition coefficient (Wildman–Crippen LogP) is 4.11. The lowest BCUT2D eigenvalue weighted by molar-refractivity contribution is 0.0934. The van der Waals surface area contributed by atoms with Gasteiger partial charge in [0.25, 0.3) is 5.91 Å². The topological polar surface area (TPSA) is 73.4 Å². The molecule has 0 spiro atoms. The van der Waals surface area contributed by atoms with Crippen molar-refractivity contribution in [2.24, 2.45) is 0 Å². The monoisotopic (exact) mass is 431 g/mol. The Morgan fingerprint density at radius 2 is 1.81 bits per heavy atom. The maximum atomic E-state index is 12.4. The molecule has 138 valence electrons. The summed E-state index contributed by atoms with van der Waals surface area (Å²) >= 11 is 23.1. The van der Waals surface area contributed by atoms with Gasteiger partial charge in [0, 0.05) is 17.3 Å². The standard InChI is InChI=1S/C17H16Cl3N3O2S/c1-10-4-2-5-11(8-10)14(25)22-15(17(18,19)20)23-16(26)21-12-6-3-7-13(24)9-12/h2-9,15,24H,1H3,(H,22,25)(H2,21,23,26)/t15-/m1/s1. The summed E-state index contributed by atoms with van der Waals surface area (Å²) < 4.78 is -1.86. The largest absolute Gasteiger partial charge is 0.508 e. The zero-order valence-electron chi connectivity index (χ0n) is 13.6. The van der Waals surface area contributed by atoms with Crippen LogP contribution in [0.3, 0.4) is 0 Å². The molecule has 4 N–H and O–H groups in total. The average molecular weight is 433 g/mol. The molecule has 0 fully saturated rings. The average Bonchev–Trinajstić information content (AvgIpc) is 2.53. The van der Waals surface area contributed by atoms with Crippen LogP contribution in [-0.2, 0) is 0 Å². The summed E-state index contributed by atoms with van der Waals surface area (Å²) in [7, 11) is 0. The highest BCUT2D eigenvalue weighted by Crippen LogP contribution is 2.29. The third-order valence-corrected chi connectivity index (χ3v) is 4.14. The third kappa shape index (κ3) is 6.21. The molecule has 0 aliphatic rings. The number of aryl methyl sites for hydroxylation is 1. The quantitative estimate of drug-likeness (QED) is 0.332. The van der Waals surface area contributed by atoms with Crippen LogP contribution in [0.15, 0.2) is 48.5 Å². The molecule has 26 heavy (non-hydrogen) atoms. The van der Waals surface area contributed by atoms with E-state index in [0.29, 0.717) is 11.3 Å². The molecular formula is C17H16Cl3N3O2S. The Balaban J connectivity index is 2.07. The Morgan fingerprint density at radius 1 is 1.12 bits per heavy atom. The van der Waals surface area contributed by atoms with Crippen molar-refractivity contribution in [3.8, 4) is 5.75 Å². The smallest absolute Gasteiger partial charge is 0.252 e. The van der Waals surface area contributed by atoms with Gasteiger partial charge in [0.05, 0.1) is 0 Å². The molecule has 5 nitrogen and oxygen atoms in total. The highest BCUT2D eigenvalue weighted by Gasteiger charge is 2.34. The number of thiocarbonyl (C=S) groups is 1. The minimum Gasteiger partial charge on any atom is -0.508 e. The predicted molar refractivity (Wildman–Crippen MR) is 110 cm³/mol. The Hall–Kier alpha value is -1.73. The summed E-state index contributed by atoms with van der Waals surface area (Å²) in [5, 5.41) is 17.8. The number of rotatable bonds is 4. The van der Waals surface area contributed by atoms with Crippen LogP contribution in [0.5, 0.6) is 5.75 Å². The highest BCUT2D eigenvalue weighted by atomic mass is 35.6. The van der Waals surface area contributed by atoms with E-state index in [2.05, 4.69) is 16.0 Å². The lowest BCUT2D eigenvalue weighted by Gasteiger charge is -2.27. The summed E-state index contributed by atoms with van der Waals surface area (Å²) in [5.41, 5.74) is 1.89. The van der Waals surface area contributed by atoms with E-state index < -0.39 is 15.9 Å². The van der Waals surface area contributed by atoms with Gasteiger partial charge in [-0.05, 0) is 43.4 Å². The molecule has 0 heterocycles. The molecule has 1 amide bonds. The van der Waals surface area contributed by atoms with Gasteiger partial charge in [-0.3, -0.25) is 4.79 Å². The highest BCUT2D eigenvalue weighted by molar-refractivity contribution is 7.80. The van der Waals surface area contributed by atoms with Gasteiger partial charge >= 0.3 is 0 Å². The van der Waals surface area contributed by atoms with E-state index in [1.54, 1.807) is 30.3 Å². The molecule has 0 aromatic heterocycles. The first-order chi connectivity index (χ1) is 12.1. The van der Waals surface area contributed by atoms with Crippen LogP contribution < -0.4 is 16.0 Å². The van der Waals surface area contributed by atoms with Crippen molar-refractivity contribution in [2.45, 2.75) is 16.9 Å². The van der Waals surface area contributed by atoms with Crippen molar-refractivity contribution in [2.75, 3.05) is 5.32 Å². The van der Waals surface area contributed by atoms with Crippen LogP contribution in [0.25, 0.3) is 0 Å². The summed E-state index contributed by atoms with van der Waals surface area (Å²) in [6.07, 6.45) is -1.09. The van der Waals surface area contributed by atoms with Crippen molar-refractivity contribution in [3.63, 3.8) is 0 Å². The number of nitrogens with one attached hydrogen (secondary N) is 3. The third-order valence-electron chi connectivity index (χ3n) is 3.26. The first-order valence-corrected chi connectivity index (χ1v) is 9.00. The number of phenolic OH excluding ortho intramolecular Hbond substituents is 1. The number of halogens is 3. The minimum absolute atomic E-state index is 0.0727.